The summed E-state index contributed by atoms with van der Waals surface area (Å²) in [6.07, 6.45) is 1.92. The van der Waals surface area contributed by atoms with E-state index in [1.807, 2.05) is 6.20 Å². The normalized spacial score (nSPS) is 13.1. The molecule has 2 heterocycles. The lowest BCUT2D eigenvalue weighted by atomic mass is 9.82. The first-order valence-corrected chi connectivity index (χ1v) is 21.4. The first-order valence-electron chi connectivity index (χ1n) is 21.4. The van der Waals surface area contributed by atoms with Crippen molar-refractivity contribution in [3.63, 3.8) is 0 Å². The Bertz CT molecular complexity index is 3820. The van der Waals surface area contributed by atoms with Gasteiger partial charge in [-0.3, -0.25) is 4.98 Å². The van der Waals surface area contributed by atoms with Gasteiger partial charge in [0.15, 0.2) is 0 Å². The Morgan fingerprint density at radius 3 is 1.77 bits per heavy atom. The standard InChI is InChI=1S/C59H38N2O/c1-59(2)52-24-10-9-21-45(52)49-29-39(25-26-53(49)59)42-31-48(58-51(32-42)50-30-37-13-3-4-14-38(37)33-55(50)62-58)40-17-11-15-35(27-40)36-16-12-18-41(28-36)54-34-60-56-46-22-7-5-19-43(46)44-20-6-8-23-47(44)57(56)61-54/h3-34H,1-2H3. The maximum atomic E-state index is 6.88. The molecule has 0 unspecified atom stereocenters. The molecule has 290 valence electrons. The fourth-order valence-corrected chi connectivity index (χ4v) is 10.3. The lowest BCUT2D eigenvalue weighted by molar-refractivity contribution is 0.660. The number of fused-ring (bicyclic) bond motifs is 13. The van der Waals surface area contributed by atoms with Crippen LogP contribution in [0.4, 0.5) is 0 Å². The van der Waals surface area contributed by atoms with Gasteiger partial charge in [-0.15, -0.1) is 0 Å². The largest absolute Gasteiger partial charge is 0.455 e. The van der Waals surface area contributed by atoms with E-state index in [4.69, 9.17) is 14.4 Å². The van der Waals surface area contributed by atoms with Crippen molar-refractivity contribution in [1.29, 1.82) is 0 Å². The SMILES string of the molecule is CC1(C)c2ccccc2-c2cc(-c3cc(-c4cccc(-c5cccc(-c6cnc7c8ccccc8c8ccccc8c7n6)c5)c4)c4oc5cc6ccccc6cc5c4c3)ccc21. The lowest BCUT2D eigenvalue weighted by Gasteiger charge is -2.21. The molecule has 12 aromatic rings. The Kier molecular flexibility index (Phi) is 7.36. The van der Waals surface area contributed by atoms with Crippen LogP contribution < -0.4 is 0 Å². The van der Waals surface area contributed by atoms with Crippen LogP contribution in [0.15, 0.2) is 199 Å². The van der Waals surface area contributed by atoms with Gasteiger partial charge in [-0.05, 0) is 114 Å². The molecule has 2 aromatic heterocycles. The van der Waals surface area contributed by atoms with Crippen LogP contribution in [-0.4, -0.2) is 9.97 Å². The van der Waals surface area contributed by atoms with Crippen molar-refractivity contribution in [1.82, 2.24) is 9.97 Å². The fourth-order valence-electron chi connectivity index (χ4n) is 10.3. The molecule has 1 aliphatic carbocycles. The van der Waals surface area contributed by atoms with Gasteiger partial charge in [0.2, 0.25) is 0 Å². The van der Waals surface area contributed by atoms with Crippen LogP contribution in [0.1, 0.15) is 25.0 Å². The Morgan fingerprint density at radius 1 is 0.387 bits per heavy atom. The van der Waals surface area contributed by atoms with E-state index in [0.29, 0.717) is 0 Å². The molecule has 0 N–H and O–H groups in total. The van der Waals surface area contributed by atoms with Crippen molar-refractivity contribution < 1.29 is 4.42 Å². The first kappa shape index (κ1) is 34.9. The Labute approximate surface area is 358 Å². The molecule has 0 spiro atoms. The summed E-state index contributed by atoms with van der Waals surface area (Å²) in [5, 5.41) is 9.21. The molecule has 0 radical (unpaired) electrons. The average Bonchev–Trinajstić information content (AvgIpc) is 3.80. The number of furan rings is 1. The molecule has 10 aromatic carbocycles. The van der Waals surface area contributed by atoms with Gasteiger partial charge >= 0.3 is 0 Å². The minimum Gasteiger partial charge on any atom is -0.455 e. The quantitative estimate of drug-likeness (QED) is 0.167. The summed E-state index contributed by atoms with van der Waals surface area (Å²) in [5.41, 5.74) is 17.6. The number of aromatic nitrogens is 2. The molecule has 0 bridgehead atoms. The van der Waals surface area contributed by atoms with Crippen LogP contribution in [0.25, 0.3) is 121 Å². The van der Waals surface area contributed by atoms with Gasteiger partial charge in [-0.25, -0.2) is 4.98 Å². The van der Waals surface area contributed by atoms with Crippen molar-refractivity contribution in [3.05, 3.63) is 205 Å². The van der Waals surface area contributed by atoms with Crippen molar-refractivity contribution in [3.8, 4) is 55.8 Å². The zero-order valence-electron chi connectivity index (χ0n) is 34.3. The van der Waals surface area contributed by atoms with Gasteiger partial charge in [0.25, 0.3) is 0 Å². The fraction of sp³-hybridized carbons (Fsp3) is 0.0508. The third kappa shape index (κ3) is 5.18. The third-order valence-corrected chi connectivity index (χ3v) is 13.4. The van der Waals surface area contributed by atoms with Crippen molar-refractivity contribution in [2.45, 2.75) is 19.3 Å². The molecular formula is C59H38N2O. The number of benzene rings is 10. The Morgan fingerprint density at radius 2 is 0.984 bits per heavy atom. The molecule has 1 aliphatic rings. The number of nitrogens with zero attached hydrogens (tertiary/aromatic N) is 2. The second-order valence-electron chi connectivity index (χ2n) is 17.3. The van der Waals surface area contributed by atoms with Crippen molar-refractivity contribution in [2.75, 3.05) is 0 Å². The van der Waals surface area contributed by atoms with Gasteiger partial charge in [-0.2, -0.15) is 0 Å². The van der Waals surface area contributed by atoms with Crippen molar-refractivity contribution >= 4 is 65.3 Å². The highest BCUT2D eigenvalue weighted by Gasteiger charge is 2.35. The monoisotopic (exact) mass is 790 g/mol. The minimum absolute atomic E-state index is 0.0523. The summed E-state index contributed by atoms with van der Waals surface area (Å²) < 4.78 is 6.88. The van der Waals surface area contributed by atoms with Crippen LogP contribution >= 0.6 is 0 Å². The molecule has 3 nitrogen and oxygen atoms in total. The molecule has 3 heteroatoms. The molecule has 62 heavy (non-hydrogen) atoms. The van der Waals surface area contributed by atoms with Gasteiger partial charge in [-0.1, -0.05) is 159 Å². The lowest BCUT2D eigenvalue weighted by Crippen LogP contribution is -2.14. The molecule has 13 rings (SSSR count). The van der Waals surface area contributed by atoms with E-state index >= 15 is 0 Å². The average molecular weight is 791 g/mol. The predicted molar refractivity (Wildman–Crippen MR) is 259 cm³/mol. The number of hydrogen-bond acceptors (Lipinski definition) is 3. The van der Waals surface area contributed by atoms with Crippen LogP contribution in [0.3, 0.4) is 0 Å². The van der Waals surface area contributed by atoms with E-state index in [-0.39, 0.29) is 5.41 Å². The summed E-state index contributed by atoms with van der Waals surface area (Å²) in [7, 11) is 0. The maximum Gasteiger partial charge on any atom is 0.143 e. The molecule has 0 saturated heterocycles. The summed E-state index contributed by atoms with van der Waals surface area (Å²) in [4.78, 5) is 10.4. The first-order chi connectivity index (χ1) is 30.5. The van der Waals surface area contributed by atoms with E-state index in [1.54, 1.807) is 0 Å². The van der Waals surface area contributed by atoms with E-state index in [2.05, 4.69) is 202 Å². The van der Waals surface area contributed by atoms with E-state index in [9.17, 15) is 0 Å². The third-order valence-electron chi connectivity index (χ3n) is 13.4. The van der Waals surface area contributed by atoms with Gasteiger partial charge < -0.3 is 4.42 Å². The molecule has 0 aliphatic heterocycles. The van der Waals surface area contributed by atoms with Gasteiger partial charge in [0, 0.05) is 38.1 Å². The summed E-state index contributed by atoms with van der Waals surface area (Å²) >= 11 is 0. The Balaban J connectivity index is 0.966. The zero-order valence-corrected chi connectivity index (χ0v) is 34.3. The highest BCUT2D eigenvalue weighted by molar-refractivity contribution is 6.23. The number of hydrogen-bond donors (Lipinski definition) is 0. The highest BCUT2D eigenvalue weighted by atomic mass is 16.3. The summed E-state index contributed by atoms with van der Waals surface area (Å²) in [6.45, 7) is 4.68. The van der Waals surface area contributed by atoms with Gasteiger partial charge in [0.05, 0.1) is 22.9 Å². The van der Waals surface area contributed by atoms with Crippen LogP contribution in [0.2, 0.25) is 0 Å². The molecular weight excluding hydrogens is 753 g/mol. The maximum absolute atomic E-state index is 6.88. The molecule has 0 amide bonds. The highest BCUT2D eigenvalue weighted by Crippen LogP contribution is 2.50. The second-order valence-corrected chi connectivity index (χ2v) is 17.3. The molecule has 0 fully saturated rings. The summed E-state index contributed by atoms with van der Waals surface area (Å²) in [6, 6.07) is 68.1. The molecule has 0 saturated carbocycles. The predicted octanol–water partition coefficient (Wildman–Crippen LogP) is 16.0. The minimum atomic E-state index is -0.0523. The van der Waals surface area contributed by atoms with E-state index in [1.165, 1.54) is 49.4 Å². The summed E-state index contributed by atoms with van der Waals surface area (Å²) in [5.74, 6) is 0. The second kappa shape index (κ2) is 13.1. The number of rotatable bonds is 4. The van der Waals surface area contributed by atoms with Crippen LogP contribution in [0.5, 0.6) is 0 Å². The van der Waals surface area contributed by atoms with Gasteiger partial charge in [0.1, 0.15) is 11.2 Å². The molecule has 0 atom stereocenters. The van der Waals surface area contributed by atoms with E-state index in [0.717, 1.165) is 82.8 Å². The van der Waals surface area contributed by atoms with E-state index < -0.39 is 0 Å². The van der Waals surface area contributed by atoms with Crippen molar-refractivity contribution in [2.24, 2.45) is 0 Å². The smallest absolute Gasteiger partial charge is 0.143 e. The Hall–Kier alpha value is -7.88. The topological polar surface area (TPSA) is 38.9 Å². The van der Waals surface area contributed by atoms with Crippen LogP contribution in [0, 0.1) is 0 Å². The van der Waals surface area contributed by atoms with Crippen LogP contribution in [-0.2, 0) is 5.41 Å². The zero-order chi connectivity index (χ0) is 41.1.